The Bertz CT molecular complexity index is 404. The molecule has 0 rings (SSSR count). The van der Waals surface area contributed by atoms with Crippen molar-refractivity contribution in [2.75, 3.05) is 0 Å². The predicted molar refractivity (Wildman–Crippen MR) is 69.4 cm³/mol. The fourth-order valence-electron chi connectivity index (χ4n) is 1.15. The zero-order chi connectivity index (χ0) is 15.1. The minimum Gasteiger partial charge on any atom is -0.479 e. The lowest BCUT2D eigenvalue weighted by Crippen LogP contribution is -2.52. The van der Waals surface area contributed by atoms with Gasteiger partial charge in [-0.15, -0.1) is 0 Å². The molecule has 0 radical (unpaired) electrons. The van der Waals surface area contributed by atoms with Crippen molar-refractivity contribution in [2.24, 2.45) is 0 Å². The van der Waals surface area contributed by atoms with E-state index >= 15 is 0 Å². The summed E-state index contributed by atoms with van der Waals surface area (Å²) in [5, 5.41) is 19.8. The molecule has 1 atom stereocenters. The van der Waals surface area contributed by atoms with Gasteiger partial charge in [-0.05, 0) is 34.1 Å². The number of carbonyl (C=O) groups is 2. The first-order valence-electron chi connectivity index (χ1n) is 5.90. The number of unbranched alkanes of at least 4 members (excludes halogenated alkanes) is 1. The Labute approximate surface area is 113 Å². The maximum Gasteiger partial charge on any atom is 0.408 e. The third kappa shape index (κ3) is 7.09. The monoisotopic (exact) mass is 268 g/mol. The number of carboxylic acids is 1. The first kappa shape index (κ1) is 17.0. The summed E-state index contributed by atoms with van der Waals surface area (Å²) < 4.78 is 5.01. The summed E-state index contributed by atoms with van der Waals surface area (Å²) in [4.78, 5) is 22.8. The summed E-state index contributed by atoms with van der Waals surface area (Å²) in [7, 11) is 0. The highest BCUT2D eigenvalue weighted by molar-refractivity contribution is 5.86. The lowest BCUT2D eigenvalue weighted by Gasteiger charge is -2.26. The number of carboxylic acid groups (broad SMARTS) is 1. The largest absolute Gasteiger partial charge is 0.479 e. The lowest BCUT2D eigenvalue weighted by molar-refractivity contribution is -0.142. The van der Waals surface area contributed by atoms with Crippen LogP contribution in [0.5, 0.6) is 0 Å². The van der Waals surface area contributed by atoms with Gasteiger partial charge in [-0.1, -0.05) is 12.2 Å². The number of nitriles is 1. The minimum atomic E-state index is -1.56. The van der Waals surface area contributed by atoms with E-state index in [-0.39, 0.29) is 0 Å². The number of alkyl carbamates (subject to hydrolysis) is 1. The van der Waals surface area contributed by atoms with Crippen LogP contribution in [0.4, 0.5) is 4.79 Å². The maximum atomic E-state index is 11.6. The number of rotatable bonds is 5. The van der Waals surface area contributed by atoms with Crippen molar-refractivity contribution < 1.29 is 19.4 Å². The summed E-state index contributed by atoms with van der Waals surface area (Å²) in [6.07, 6.45) is 2.81. The van der Waals surface area contributed by atoms with E-state index in [0.717, 1.165) is 0 Å². The van der Waals surface area contributed by atoms with Crippen LogP contribution in [0.25, 0.3) is 0 Å². The number of nitrogens with zero attached hydrogens (tertiary/aromatic N) is 1. The van der Waals surface area contributed by atoms with Crippen molar-refractivity contribution in [3.05, 3.63) is 12.2 Å². The Balaban J connectivity index is 4.73. The molecule has 0 aliphatic rings. The van der Waals surface area contributed by atoms with Gasteiger partial charge in [0.15, 0.2) is 5.54 Å². The molecule has 6 nitrogen and oxygen atoms in total. The zero-order valence-corrected chi connectivity index (χ0v) is 11.7. The first-order valence-corrected chi connectivity index (χ1v) is 5.90. The van der Waals surface area contributed by atoms with Crippen molar-refractivity contribution in [1.29, 1.82) is 5.26 Å². The van der Waals surface area contributed by atoms with Gasteiger partial charge < -0.3 is 15.2 Å². The highest BCUT2D eigenvalue weighted by Crippen LogP contribution is 2.12. The molecule has 2 N–H and O–H groups in total. The molecule has 0 aromatic rings. The molecule has 19 heavy (non-hydrogen) atoms. The molecule has 0 spiro atoms. The number of hydrogen-bond acceptors (Lipinski definition) is 4. The highest BCUT2D eigenvalue weighted by atomic mass is 16.6. The number of carbonyl (C=O) groups excluding carboxylic acids is 1. The van der Waals surface area contributed by atoms with Gasteiger partial charge >= 0.3 is 12.1 Å². The number of ether oxygens (including phenoxy) is 1. The summed E-state index contributed by atoms with van der Waals surface area (Å²) in [6, 6.07) is 1.94. The molecule has 0 saturated heterocycles. The smallest absolute Gasteiger partial charge is 0.408 e. The summed E-state index contributed by atoms with van der Waals surface area (Å²) in [6.45, 7) is 6.41. The van der Waals surface area contributed by atoms with Gasteiger partial charge in [-0.25, -0.2) is 9.59 Å². The summed E-state index contributed by atoms with van der Waals surface area (Å²) >= 11 is 0. The van der Waals surface area contributed by atoms with Gasteiger partial charge in [-0.3, -0.25) is 0 Å². The van der Waals surface area contributed by atoms with Crippen LogP contribution in [0, 0.1) is 11.3 Å². The van der Waals surface area contributed by atoms with Gasteiger partial charge in [-0.2, -0.15) is 5.26 Å². The van der Waals surface area contributed by atoms with E-state index in [1.165, 1.54) is 13.0 Å². The molecule has 1 unspecified atom stereocenters. The maximum absolute atomic E-state index is 11.6. The molecule has 0 aromatic carbocycles. The number of aliphatic carboxylic acids is 1. The van der Waals surface area contributed by atoms with E-state index in [9.17, 15) is 9.59 Å². The molecule has 0 aromatic heterocycles. The van der Waals surface area contributed by atoms with Gasteiger partial charge in [0.25, 0.3) is 0 Å². The van der Waals surface area contributed by atoms with Crippen LogP contribution in [0.15, 0.2) is 12.2 Å². The number of amides is 1. The Morgan fingerprint density at radius 3 is 2.37 bits per heavy atom. The molecule has 6 heteroatoms. The Morgan fingerprint density at radius 2 is 1.95 bits per heavy atom. The molecular formula is C13H20N2O4. The molecule has 0 heterocycles. The van der Waals surface area contributed by atoms with Crippen LogP contribution in [0.3, 0.4) is 0 Å². The highest BCUT2D eigenvalue weighted by Gasteiger charge is 2.33. The number of allylic oxidation sites excluding steroid dienone is 1. The molecule has 0 aliphatic carbocycles. The third-order valence-corrected chi connectivity index (χ3v) is 2.08. The standard InChI is InChI=1S/C13H20N2O4/c1-12(2,3)19-11(18)15-13(4,10(16)17)8-6-5-7-9-14/h6,8H,5,7H2,1-4H3,(H,15,18)(H,16,17)/b8-6+. The number of hydrogen-bond donors (Lipinski definition) is 2. The number of nitrogens with one attached hydrogen (secondary N) is 1. The Morgan fingerprint density at radius 1 is 1.37 bits per heavy atom. The molecular weight excluding hydrogens is 248 g/mol. The van der Waals surface area contributed by atoms with Crippen molar-refractivity contribution in [1.82, 2.24) is 5.32 Å². The van der Waals surface area contributed by atoms with Crippen LogP contribution >= 0.6 is 0 Å². The van der Waals surface area contributed by atoms with Crippen LogP contribution < -0.4 is 5.32 Å². The van der Waals surface area contributed by atoms with E-state index < -0.39 is 23.2 Å². The summed E-state index contributed by atoms with van der Waals surface area (Å²) in [5.41, 5.74) is -2.26. The van der Waals surface area contributed by atoms with Gasteiger partial charge in [0.1, 0.15) is 5.60 Å². The van der Waals surface area contributed by atoms with Crippen LogP contribution in [0.1, 0.15) is 40.5 Å². The fourth-order valence-corrected chi connectivity index (χ4v) is 1.15. The van der Waals surface area contributed by atoms with Crippen LogP contribution in [-0.2, 0) is 9.53 Å². The van der Waals surface area contributed by atoms with Crippen molar-refractivity contribution in [3.63, 3.8) is 0 Å². The Hall–Kier alpha value is -2.03. The zero-order valence-electron chi connectivity index (χ0n) is 11.7. The van der Waals surface area contributed by atoms with Crippen molar-refractivity contribution in [3.8, 4) is 6.07 Å². The molecule has 0 bridgehead atoms. The van der Waals surface area contributed by atoms with Crippen LogP contribution in [0.2, 0.25) is 0 Å². The molecule has 1 amide bonds. The first-order chi connectivity index (χ1) is 8.60. The molecule has 0 aliphatic heterocycles. The molecule has 0 saturated carbocycles. The third-order valence-electron chi connectivity index (χ3n) is 2.08. The quantitative estimate of drug-likeness (QED) is 0.588. The minimum absolute atomic E-state index is 0.290. The average molecular weight is 268 g/mol. The lowest BCUT2D eigenvalue weighted by atomic mass is 10.0. The van der Waals surface area contributed by atoms with E-state index in [2.05, 4.69) is 5.32 Å². The van der Waals surface area contributed by atoms with Crippen LogP contribution in [-0.4, -0.2) is 28.3 Å². The van der Waals surface area contributed by atoms with E-state index in [1.54, 1.807) is 26.8 Å². The van der Waals surface area contributed by atoms with Crippen molar-refractivity contribution in [2.45, 2.75) is 51.7 Å². The van der Waals surface area contributed by atoms with Gasteiger partial charge in [0, 0.05) is 6.42 Å². The topological polar surface area (TPSA) is 99.4 Å². The van der Waals surface area contributed by atoms with E-state index in [0.29, 0.717) is 12.8 Å². The second-order valence-electron chi connectivity index (χ2n) is 5.23. The normalized spacial score (nSPS) is 14.5. The SMILES string of the molecule is CC(C)(C)OC(=O)NC(C)(/C=C/CCC#N)C(=O)O. The average Bonchev–Trinajstić information content (AvgIpc) is 2.21. The molecule has 106 valence electrons. The summed E-state index contributed by atoms with van der Waals surface area (Å²) in [5.74, 6) is -1.20. The van der Waals surface area contributed by atoms with E-state index in [4.69, 9.17) is 15.1 Å². The van der Waals surface area contributed by atoms with E-state index in [1.807, 2.05) is 6.07 Å². The van der Waals surface area contributed by atoms with Crippen molar-refractivity contribution >= 4 is 12.1 Å². The second kappa shape index (κ2) is 6.78. The Kier molecular flexibility index (Phi) is 6.06. The fraction of sp³-hybridized carbons (Fsp3) is 0.615. The predicted octanol–water partition coefficient (Wildman–Crippen LogP) is 2.21. The second-order valence-corrected chi connectivity index (χ2v) is 5.23. The van der Waals surface area contributed by atoms with Gasteiger partial charge in [0.2, 0.25) is 0 Å². The van der Waals surface area contributed by atoms with Gasteiger partial charge in [0.05, 0.1) is 6.07 Å². The molecule has 0 fully saturated rings.